The molecule has 1 aliphatic carbocycles. The fraction of sp³-hybridized carbons (Fsp3) is 0.652. The molecule has 0 spiro atoms. The molecule has 2 aliphatic rings. The summed E-state index contributed by atoms with van der Waals surface area (Å²) < 4.78 is 26.4. The summed E-state index contributed by atoms with van der Waals surface area (Å²) in [4.78, 5) is 28.5. The lowest BCUT2D eigenvalue weighted by atomic mass is 9.91. The van der Waals surface area contributed by atoms with E-state index in [1.165, 1.54) is 11.3 Å². The molecule has 0 bridgehead atoms. The van der Waals surface area contributed by atoms with Gasteiger partial charge in [0.05, 0.1) is 12.3 Å². The van der Waals surface area contributed by atoms with Crippen LogP contribution in [-0.4, -0.2) is 55.0 Å². The Morgan fingerprint density at radius 2 is 1.81 bits per heavy atom. The molecule has 1 heterocycles. The summed E-state index contributed by atoms with van der Waals surface area (Å²) in [7, 11) is -3.65. The van der Waals surface area contributed by atoms with E-state index in [4.69, 9.17) is 11.6 Å². The minimum absolute atomic E-state index is 0.0233. The maximum Gasteiger partial charge on any atom is 0.247 e. The minimum Gasteiger partial charge on any atom is -0.351 e. The summed E-state index contributed by atoms with van der Waals surface area (Å²) in [5.74, 6) is -0.891. The summed E-state index contributed by atoms with van der Waals surface area (Å²) in [6.45, 7) is 4.60. The van der Waals surface area contributed by atoms with Crippen LogP contribution in [0.2, 0.25) is 5.02 Å². The number of rotatable bonds is 5. The number of nitrogens with one attached hydrogen (secondary N) is 1. The van der Waals surface area contributed by atoms with Crippen molar-refractivity contribution in [3.05, 3.63) is 28.8 Å². The van der Waals surface area contributed by atoms with Crippen LogP contribution in [0.1, 0.15) is 64.4 Å². The Hall–Kier alpha value is -1.64. The van der Waals surface area contributed by atoms with Gasteiger partial charge in [-0.3, -0.25) is 14.5 Å². The van der Waals surface area contributed by atoms with E-state index in [1.807, 2.05) is 0 Å². The molecule has 2 amide bonds. The molecule has 1 aliphatic heterocycles. The topological polar surface area (TPSA) is 86.8 Å². The fourth-order valence-corrected chi connectivity index (χ4v) is 5.99. The van der Waals surface area contributed by atoms with Crippen molar-refractivity contribution < 1.29 is 18.0 Å². The van der Waals surface area contributed by atoms with Crippen LogP contribution >= 0.6 is 11.6 Å². The number of hydrogen-bond donors (Lipinski definition) is 1. The average Bonchev–Trinajstić information content (AvgIpc) is 2.72. The summed E-state index contributed by atoms with van der Waals surface area (Å²) >= 11 is 6.32. The Kier molecular flexibility index (Phi) is 7.89. The van der Waals surface area contributed by atoms with Crippen LogP contribution in [0, 0.1) is 6.92 Å². The second-order valence-corrected chi connectivity index (χ2v) is 11.7. The highest BCUT2D eigenvalue weighted by atomic mass is 35.5. The molecule has 3 rings (SSSR count). The van der Waals surface area contributed by atoms with Crippen LogP contribution in [0.3, 0.4) is 0 Å². The Balaban J connectivity index is 1.99. The lowest BCUT2D eigenvalue weighted by Gasteiger charge is -2.47. The van der Waals surface area contributed by atoms with E-state index in [0.717, 1.165) is 42.8 Å². The van der Waals surface area contributed by atoms with Gasteiger partial charge in [-0.2, -0.15) is 4.31 Å². The van der Waals surface area contributed by atoms with Crippen LogP contribution in [0.25, 0.3) is 0 Å². The van der Waals surface area contributed by atoms with Crippen molar-refractivity contribution in [2.24, 2.45) is 0 Å². The van der Waals surface area contributed by atoms with E-state index < -0.39 is 21.5 Å². The molecule has 1 aromatic rings. The van der Waals surface area contributed by atoms with E-state index in [2.05, 4.69) is 5.32 Å². The number of hydrogen-bond acceptors (Lipinski definition) is 4. The highest BCUT2D eigenvalue weighted by Crippen LogP contribution is 2.35. The third-order valence-electron chi connectivity index (χ3n) is 6.71. The predicted molar refractivity (Wildman–Crippen MR) is 127 cm³/mol. The molecule has 2 fully saturated rings. The number of halogens is 1. The molecule has 32 heavy (non-hydrogen) atoms. The van der Waals surface area contributed by atoms with Gasteiger partial charge in [-0.25, -0.2) is 8.42 Å². The lowest BCUT2D eigenvalue weighted by Crippen LogP contribution is -2.71. The monoisotopic (exact) mass is 483 g/mol. The third-order valence-corrected chi connectivity index (χ3v) is 8.89. The van der Waals surface area contributed by atoms with Crippen LogP contribution in [0.5, 0.6) is 0 Å². The van der Waals surface area contributed by atoms with Gasteiger partial charge in [-0.05, 0) is 51.3 Å². The highest BCUT2D eigenvalue weighted by Gasteiger charge is 2.51. The number of amides is 2. The van der Waals surface area contributed by atoms with Crippen molar-refractivity contribution in [1.29, 1.82) is 0 Å². The van der Waals surface area contributed by atoms with Crippen molar-refractivity contribution in [1.82, 2.24) is 9.62 Å². The maximum atomic E-state index is 13.7. The molecule has 7 nitrogen and oxygen atoms in total. The van der Waals surface area contributed by atoms with E-state index in [0.29, 0.717) is 16.3 Å². The van der Waals surface area contributed by atoms with Gasteiger partial charge in [0, 0.05) is 23.3 Å². The molecule has 1 unspecified atom stereocenters. The van der Waals surface area contributed by atoms with Gasteiger partial charge >= 0.3 is 0 Å². The summed E-state index contributed by atoms with van der Waals surface area (Å²) in [5.41, 5.74) is -0.180. The van der Waals surface area contributed by atoms with Crippen molar-refractivity contribution in [3.8, 4) is 0 Å². The standard InChI is InChI=1S/C23H34ClN3O4S/c1-4-32(30,31)26-15-21(28)27(20-14-10-13-19(24)17(20)2)23(3,16-26)22(29)25-18-11-8-6-5-7-9-12-18/h10,13-14,18H,4-9,11-12,15-16H2,1-3H3,(H,25,29). The molecular formula is C23H34ClN3O4S. The first-order valence-corrected chi connectivity index (χ1v) is 13.5. The highest BCUT2D eigenvalue weighted by molar-refractivity contribution is 7.89. The van der Waals surface area contributed by atoms with Crippen molar-refractivity contribution >= 4 is 39.1 Å². The zero-order valence-corrected chi connectivity index (χ0v) is 20.8. The van der Waals surface area contributed by atoms with Crippen molar-refractivity contribution in [2.75, 3.05) is 23.7 Å². The Morgan fingerprint density at radius 3 is 2.44 bits per heavy atom. The van der Waals surface area contributed by atoms with Gasteiger partial charge in [0.1, 0.15) is 5.54 Å². The third kappa shape index (κ3) is 5.13. The number of sulfonamides is 1. The minimum atomic E-state index is -3.65. The molecule has 1 saturated carbocycles. The van der Waals surface area contributed by atoms with Gasteiger partial charge in [0.15, 0.2) is 0 Å². The van der Waals surface area contributed by atoms with E-state index in [9.17, 15) is 18.0 Å². The smallest absolute Gasteiger partial charge is 0.247 e. The van der Waals surface area contributed by atoms with Gasteiger partial charge in [-0.15, -0.1) is 0 Å². The molecule has 178 valence electrons. The van der Waals surface area contributed by atoms with Gasteiger partial charge < -0.3 is 5.32 Å². The average molecular weight is 484 g/mol. The fourth-order valence-electron chi connectivity index (χ4n) is 4.70. The number of anilines is 1. The predicted octanol–water partition coefficient (Wildman–Crippen LogP) is 3.63. The number of carbonyl (C=O) groups is 2. The lowest BCUT2D eigenvalue weighted by molar-refractivity contribution is -0.133. The Bertz CT molecular complexity index is 960. The number of piperazine rings is 1. The van der Waals surface area contributed by atoms with E-state index in [1.54, 1.807) is 39.0 Å². The van der Waals surface area contributed by atoms with Crippen LogP contribution in [0.15, 0.2) is 18.2 Å². The van der Waals surface area contributed by atoms with Gasteiger partial charge in [-0.1, -0.05) is 49.8 Å². The molecular weight excluding hydrogens is 450 g/mol. The zero-order chi connectivity index (χ0) is 23.5. The quantitative estimate of drug-likeness (QED) is 0.692. The van der Waals surface area contributed by atoms with Gasteiger partial charge in [0.25, 0.3) is 0 Å². The number of benzene rings is 1. The van der Waals surface area contributed by atoms with Crippen molar-refractivity contribution in [2.45, 2.75) is 77.3 Å². The molecule has 1 saturated heterocycles. The summed E-state index contributed by atoms with van der Waals surface area (Å²) in [5, 5.41) is 3.64. The van der Waals surface area contributed by atoms with Crippen LogP contribution < -0.4 is 10.2 Å². The first kappa shape index (κ1) is 25.0. The molecule has 1 N–H and O–H groups in total. The second-order valence-electron chi connectivity index (χ2n) is 9.07. The summed E-state index contributed by atoms with van der Waals surface area (Å²) in [6, 6.07) is 5.24. The first-order chi connectivity index (χ1) is 15.1. The Morgan fingerprint density at radius 1 is 1.19 bits per heavy atom. The summed E-state index contributed by atoms with van der Waals surface area (Å²) in [6.07, 6.45) is 7.41. The molecule has 0 radical (unpaired) electrons. The zero-order valence-electron chi connectivity index (χ0n) is 19.2. The number of nitrogens with zero attached hydrogens (tertiary/aromatic N) is 2. The van der Waals surface area contributed by atoms with Crippen LogP contribution in [0.4, 0.5) is 5.69 Å². The van der Waals surface area contributed by atoms with E-state index in [-0.39, 0.29) is 30.8 Å². The first-order valence-electron chi connectivity index (χ1n) is 11.5. The largest absolute Gasteiger partial charge is 0.351 e. The normalized spacial score (nSPS) is 24.1. The van der Waals surface area contributed by atoms with E-state index >= 15 is 0 Å². The SMILES string of the molecule is CCS(=O)(=O)N1CC(=O)N(c2cccc(Cl)c2C)C(C)(C(=O)NC2CCCCCCC2)C1. The molecule has 9 heteroatoms. The number of carbonyl (C=O) groups excluding carboxylic acids is 2. The Labute approximate surface area is 196 Å². The second kappa shape index (κ2) is 10.1. The molecule has 1 atom stereocenters. The maximum absolute atomic E-state index is 13.7. The van der Waals surface area contributed by atoms with Crippen molar-refractivity contribution in [3.63, 3.8) is 0 Å². The molecule has 0 aromatic heterocycles. The van der Waals surface area contributed by atoms with Gasteiger partial charge in [0.2, 0.25) is 21.8 Å². The van der Waals surface area contributed by atoms with Crippen LogP contribution in [-0.2, 0) is 19.6 Å². The molecule has 1 aromatic carbocycles.